The molecule has 2 atom stereocenters. The van der Waals surface area contributed by atoms with Crippen molar-refractivity contribution >= 4 is 11.4 Å². The van der Waals surface area contributed by atoms with Gasteiger partial charge in [0.15, 0.2) is 0 Å². The Labute approximate surface area is 111 Å². The summed E-state index contributed by atoms with van der Waals surface area (Å²) in [5, 5.41) is 10.6. The van der Waals surface area contributed by atoms with Crippen LogP contribution in [0.1, 0.15) is 26.7 Å². The summed E-state index contributed by atoms with van der Waals surface area (Å²) in [4.78, 5) is 10.2. The molecular formula is C13H18N2O4. The lowest BCUT2D eigenvalue weighted by molar-refractivity contribution is -0.384. The molecule has 2 rings (SSSR count). The number of benzene rings is 1. The minimum absolute atomic E-state index is 0.0291. The first-order chi connectivity index (χ1) is 8.95. The number of nitro benzene ring substituents is 1. The highest BCUT2D eigenvalue weighted by molar-refractivity contribution is 5.58. The topological polar surface area (TPSA) is 87.6 Å². The number of hydrogen-bond acceptors (Lipinski definition) is 5. The van der Waals surface area contributed by atoms with E-state index < -0.39 is 4.92 Å². The number of ether oxygens (including phenoxy) is 2. The normalized spacial score (nSPS) is 26.9. The third-order valence-electron chi connectivity index (χ3n) is 3.15. The van der Waals surface area contributed by atoms with Crippen LogP contribution in [0.2, 0.25) is 0 Å². The van der Waals surface area contributed by atoms with Gasteiger partial charge in [-0.3, -0.25) is 10.1 Å². The molecule has 0 spiro atoms. The Kier molecular flexibility index (Phi) is 3.90. The fraction of sp³-hybridized carbons (Fsp3) is 0.538. The van der Waals surface area contributed by atoms with E-state index in [9.17, 15) is 10.1 Å². The van der Waals surface area contributed by atoms with Gasteiger partial charge < -0.3 is 15.2 Å². The van der Waals surface area contributed by atoms with E-state index in [-0.39, 0.29) is 24.0 Å². The lowest BCUT2D eigenvalue weighted by atomic mass is 10.0. The highest BCUT2D eigenvalue weighted by Gasteiger charge is 2.26. The van der Waals surface area contributed by atoms with Gasteiger partial charge in [0.05, 0.1) is 22.8 Å². The predicted octanol–water partition coefficient (Wildman–Crippen LogP) is 2.51. The zero-order chi connectivity index (χ0) is 14.0. The molecule has 1 heterocycles. The minimum atomic E-state index is -0.473. The predicted molar refractivity (Wildman–Crippen MR) is 71.2 cm³/mol. The van der Waals surface area contributed by atoms with E-state index in [4.69, 9.17) is 15.2 Å². The maximum Gasteiger partial charge on any atom is 0.271 e. The summed E-state index contributed by atoms with van der Waals surface area (Å²) >= 11 is 0. The molecule has 104 valence electrons. The Morgan fingerprint density at radius 2 is 2.00 bits per heavy atom. The summed E-state index contributed by atoms with van der Waals surface area (Å²) < 4.78 is 11.5. The third kappa shape index (κ3) is 3.35. The second kappa shape index (κ2) is 5.44. The van der Waals surface area contributed by atoms with Gasteiger partial charge in [0, 0.05) is 25.0 Å². The third-order valence-corrected chi connectivity index (χ3v) is 3.15. The van der Waals surface area contributed by atoms with E-state index in [2.05, 4.69) is 0 Å². The zero-order valence-electron chi connectivity index (χ0n) is 11.0. The quantitative estimate of drug-likeness (QED) is 0.516. The van der Waals surface area contributed by atoms with Gasteiger partial charge in [-0.2, -0.15) is 0 Å². The molecule has 2 unspecified atom stereocenters. The molecule has 1 aromatic rings. The maximum atomic E-state index is 10.6. The number of rotatable bonds is 3. The van der Waals surface area contributed by atoms with Crippen molar-refractivity contribution in [2.45, 2.75) is 45.0 Å². The minimum Gasteiger partial charge on any atom is -0.488 e. The summed E-state index contributed by atoms with van der Waals surface area (Å²) in [7, 11) is 0. The molecule has 0 radical (unpaired) electrons. The Bertz CT molecular complexity index is 468. The molecule has 0 saturated carbocycles. The standard InChI is InChI=1S/C13H18N2O4/c1-8-5-11(6-9(2)18-8)19-13-4-3-10(15(16)17)7-12(13)14/h3-4,7-9,11H,5-6,14H2,1-2H3. The molecule has 1 saturated heterocycles. The second-order valence-electron chi connectivity index (χ2n) is 4.95. The summed E-state index contributed by atoms with van der Waals surface area (Å²) in [5.41, 5.74) is 6.05. The molecule has 0 aromatic heterocycles. The molecule has 0 amide bonds. The van der Waals surface area contributed by atoms with Crippen LogP contribution in [0, 0.1) is 10.1 Å². The van der Waals surface area contributed by atoms with Gasteiger partial charge in [-0.25, -0.2) is 0 Å². The van der Waals surface area contributed by atoms with Crippen molar-refractivity contribution in [1.29, 1.82) is 0 Å². The molecule has 1 aliphatic heterocycles. The highest BCUT2D eigenvalue weighted by Crippen LogP contribution is 2.30. The van der Waals surface area contributed by atoms with Crippen LogP contribution in [0.5, 0.6) is 5.75 Å². The number of non-ortho nitro benzene ring substituents is 1. The fourth-order valence-corrected chi connectivity index (χ4v) is 2.38. The summed E-state index contributed by atoms with van der Waals surface area (Å²) in [6.07, 6.45) is 1.91. The Hall–Kier alpha value is -1.82. The van der Waals surface area contributed by atoms with Crippen LogP contribution in [-0.2, 0) is 4.74 Å². The van der Waals surface area contributed by atoms with E-state index >= 15 is 0 Å². The van der Waals surface area contributed by atoms with Gasteiger partial charge in [-0.05, 0) is 19.9 Å². The number of anilines is 1. The Balaban J connectivity index is 2.08. The fourth-order valence-electron chi connectivity index (χ4n) is 2.38. The molecule has 1 fully saturated rings. The molecule has 6 nitrogen and oxygen atoms in total. The molecule has 1 aliphatic rings. The molecule has 0 bridgehead atoms. The Morgan fingerprint density at radius 3 is 2.53 bits per heavy atom. The molecular weight excluding hydrogens is 248 g/mol. The van der Waals surface area contributed by atoms with Crippen LogP contribution in [0.15, 0.2) is 18.2 Å². The average Bonchev–Trinajstić information content (AvgIpc) is 2.30. The van der Waals surface area contributed by atoms with Crippen LogP contribution in [0.25, 0.3) is 0 Å². The van der Waals surface area contributed by atoms with E-state index in [1.165, 1.54) is 12.1 Å². The highest BCUT2D eigenvalue weighted by atomic mass is 16.6. The molecule has 1 aromatic carbocycles. The maximum absolute atomic E-state index is 10.6. The smallest absolute Gasteiger partial charge is 0.271 e. The van der Waals surface area contributed by atoms with Crippen molar-refractivity contribution in [1.82, 2.24) is 0 Å². The van der Waals surface area contributed by atoms with Crippen LogP contribution in [-0.4, -0.2) is 23.2 Å². The molecule has 19 heavy (non-hydrogen) atoms. The Morgan fingerprint density at radius 1 is 1.37 bits per heavy atom. The lowest BCUT2D eigenvalue weighted by Crippen LogP contribution is -2.35. The first-order valence-corrected chi connectivity index (χ1v) is 6.31. The van der Waals surface area contributed by atoms with E-state index in [0.29, 0.717) is 11.4 Å². The van der Waals surface area contributed by atoms with Gasteiger partial charge in [-0.15, -0.1) is 0 Å². The summed E-state index contributed by atoms with van der Waals surface area (Å²) in [6.45, 7) is 4.01. The molecule has 2 N–H and O–H groups in total. The van der Waals surface area contributed by atoms with E-state index in [1.54, 1.807) is 6.07 Å². The monoisotopic (exact) mass is 266 g/mol. The van der Waals surface area contributed by atoms with Gasteiger partial charge in [0.2, 0.25) is 0 Å². The summed E-state index contributed by atoms with van der Waals surface area (Å²) in [6, 6.07) is 4.28. The first-order valence-electron chi connectivity index (χ1n) is 6.31. The largest absolute Gasteiger partial charge is 0.488 e. The first kappa shape index (κ1) is 13.6. The van der Waals surface area contributed by atoms with Crippen molar-refractivity contribution in [2.24, 2.45) is 0 Å². The average molecular weight is 266 g/mol. The SMILES string of the molecule is CC1CC(Oc2ccc([N+](=O)[O-])cc2N)CC(C)O1. The van der Waals surface area contributed by atoms with Gasteiger partial charge in [0.1, 0.15) is 11.9 Å². The van der Waals surface area contributed by atoms with Crippen LogP contribution in [0.4, 0.5) is 11.4 Å². The van der Waals surface area contributed by atoms with E-state index in [0.717, 1.165) is 12.8 Å². The van der Waals surface area contributed by atoms with Gasteiger partial charge in [0.25, 0.3) is 5.69 Å². The number of nitrogen functional groups attached to an aromatic ring is 1. The van der Waals surface area contributed by atoms with Crippen molar-refractivity contribution in [3.8, 4) is 5.75 Å². The zero-order valence-corrected chi connectivity index (χ0v) is 11.0. The molecule has 0 aliphatic carbocycles. The van der Waals surface area contributed by atoms with Gasteiger partial charge in [-0.1, -0.05) is 0 Å². The van der Waals surface area contributed by atoms with E-state index in [1.807, 2.05) is 13.8 Å². The van der Waals surface area contributed by atoms with Crippen molar-refractivity contribution in [2.75, 3.05) is 5.73 Å². The number of nitrogens with zero attached hydrogens (tertiary/aromatic N) is 1. The van der Waals surface area contributed by atoms with Crippen molar-refractivity contribution in [3.63, 3.8) is 0 Å². The number of nitrogens with two attached hydrogens (primary N) is 1. The number of nitro groups is 1. The summed E-state index contributed by atoms with van der Waals surface area (Å²) in [5.74, 6) is 0.497. The van der Waals surface area contributed by atoms with Crippen molar-refractivity contribution in [3.05, 3.63) is 28.3 Å². The van der Waals surface area contributed by atoms with Crippen molar-refractivity contribution < 1.29 is 14.4 Å². The van der Waals surface area contributed by atoms with Gasteiger partial charge >= 0.3 is 0 Å². The lowest BCUT2D eigenvalue weighted by Gasteiger charge is -2.32. The van der Waals surface area contributed by atoms with Crippen LogP contribution < -0.4 is 10.5 Å². The van der Waals surface area contributed by atoms with Crippen LogP contribution >= 0.6 is 0 Å². The number of hydrogen-bond donors (Lipinski definition) is 1. The molecule has 6 heteroatoms. The second-order valence-corrected chi connectivity index (χ2v) is 4.95. The van der Waals surface area contributed by atoms with Crippen LogP contribution in [0.3, 0.4) is 0 Å².